The molecular weight excluding hydrogens is 398 g/mol. The van der Waals surface area contributed by atoms with E-state index < -0.39 is 0 Å². The minimum atomic E-state index is -0.150. The van der Waals surface area contributed by atoms with E-state index in [-0.39, 0.29) is 17.6 Å². The maximum absolute atomic E-state index is 12.8. The highest BCUT2D eigenvalue weighted by molar-refractivity contribution is 8.18. The Morgan fingerprint density at radius 3 is 2.63 bits per heavy atom. The second-order valence-corrected chi connectivity index (χ2v) is 8.38. The third-order valence-corrected chi connectivity index (χ3v) is 6.19. The fraction of sp³-hybridized carbons (Fsp3) is 0.261. The molecule has 4 rings (SSSR count). The molecule has 2 saturated heterocycles. The minimum Gasteiger partial charge on any atom is -0.508 e. The number of piperidine rings is 1. The summed E-state index contributed by atoms with van der Waals surface area (Å²) in [6.07, 6.45) is 5.01. The van der Waals surface area contributed by atoms with E-state index in [1.807, 2.05) is 29.2 Å². The molecule has 0 radical (unpaired) electrons. The van der Waals surface area contributed by atoms with E-state index in [1.54, 1.807) is 37.4 Å². The van der Waals surface area contributed by atoms with Gasteiger partial charge in [0.05, 0.1) is 10.6 Å². The molecule has 0 aromatic heterocycles. The van der Waals surface area contributed by atoms with E-state index in [1.165, 1.54) is 23.1 Å². The molecule has 2 aliphatic rings. The summed E-state index contributed by atoms with van der Waals surface area (Å²) in [5.74, 6) is 0.0320. The molecule has 2 aromatic rings. The zero-order valence-corrected chi connectivity index (χ0v) is 17.6. The lowest BCUT2D eigenvalue weighted by Crippen LogP contribution is -2.35. The number of thioether (sulfide) groups is 1. The van der Waals surface area contributed by atoms with Gasteiger partial charge in [-0.15, -0.1) is 0 Å². The third kappa shape index (κ3) is 4.41. The predicted molar refractivity (Wildman–Crippen MR) is 120 cm³/mol. The van der Waals surface area contributed by atoms with E-state index in [4.69, 9.17) is 0 Å². The lowest BCUT2D eigenvalue weighted by Gasteiger charge is -2.26. The second kappa shape index (κ2) is 8.75. The molecular formula is C23H23N3O3S. The van der Waals surface area contributed by atoms with Crippen LogP contribution in [0.4, 0.5) is 5.69 Å². The van der Waals surface area contributed by atoms with Crippen molar-refractivity contribution in [3.8, 4) is 5.75 Å². The first-order valence-electron chi connectivity index (χ1n) is 9.96. The van der Waals surface area contributed by atoms with Gasteiger partial charge in [0, 0.05) is 25.7 Å². The number of nitrogens with zero attached hydrogens (tertiary/aromatic N) is 3. The number of benzene rings is 2. The van der Waals surface area contributed by atoms with Gasteiger partial charge in [-0.2, -0.15) is 0 Å². The van der Waals surface area contributed by atoms with Gasteiger partial charge in [0.15, 0.2) is 5.17 Å². The number of aromatic hydroxyl groups is 1. The van der Waals surface area contributed by atoms with Gasteiger partial charge in [0.1, 0.15) is 5.75 Å². The monoisotopic (exact) mass is 421 g/mol. The molecule has 0 atom stereocenters. The SMILES string of the molecule is CN1C(=O)/C(=C\c2cccc(O)c2)SC1=Nc1cccc(C(=O)N2CCCCC2)c1. The third-order valence-electron chi connectivity index (χ3n) is 5.13. The highest BCUT2D eigenvalue weighted by atomic mass is 32.2. The molecule has 0 saturated carbocycles. The smallest absolute Gasteiger partial charge is 0.266 e. The number of carbonyl (C=O) groups is 2. The van der Waals surface area contributed by atoms with Crippen LogP contribution in [-0.2, 0) is 4.79 Å². The lowest BCUT2D eigenvalue weighted by atomic mass is 10.1. The summed E-state index contributed by atoms with van der Waals surface area (Å²) in [7, 11) is 1.68. The van der Waals surface area contributed by atoms with Gasteiger partial charge in [0.25, 0.3) is 11.8 Å². The summed E-state index contributed by atoms with van der Waals surface area (Å²) < 4.78 is 0. The molecule has 0 unspecified atom stereocenters. The first kappa shape index (κ1) is 20.2. The first-order chi connectivity index (χ1) is 14.5. The number of amidine groups is 1. The fourth-order valence-corrected chi connectivity index (χ4v) is 4.50. The van der Waals surface area contributed by atoms with Crippen molar-refractivity contribution >= 4 is 40.5 Å². The average Bonchev–Trinajstić information content (AvgIpc) is 3.02. The van der Waals surface area contributed by atoms with Crippen LogP contribution < -0.4 is 0 Å². The Hall–Kier alpha value is -3.06. The first-order valence-corrected chi connectivity index (χ1v) is 10.8. The Balaban J connectivity index is 1.56. The molecule has 2 amide bonds. The van der Waals surface area contributed by atoms with Crippen LogP contribution in [0.25, 0.3) is 6.08 Å². The van der Waals surface area contributed by atoms with Crippen LogP contribution in [0.5, 0.6) is 5.75 Å². The van der Waals surface area contributed by atoms with Crippen molar-refractivity contribution in [2.75, 3.05) is 20.1 Å². The molecule has 2 heterocycles. The Morgan fingerprint density at radius 1 is 1.10 bits per heavy atom. The van der Waals surface area contributed by atoms with Gasteiger partial charge in [-0.3, -0.25) is 14.5 Å². The quantitative estimate of drug-likeness (QED) is 0.752. The van der Waals surface area contributed by atoms with Crippen molar-refractivity contribution in [2.24, 2.45) is 4.99 Å². The molecule has 0 aliphatic carbocycles. The fourth-order valence-electron chi connectivity index (χ4n) is 3.52. The number of likely N-dealkylation sites (N-methyl/N-ethyl adjacent to an activating group) is 1. The van der Waals surface area contributed by atoms with Gasteiger partial charge in [-0.25, -0.2) is 4.99 Å². The Kier molecular flexibility index (Phi) is 5.90. The van der Waals surface area contributed by atoms with E-state index in [2.05, 4.69) is 4.99 Å². The molecule has 0 spiro atoms. The van der Waals surface area contributed by atoms with Gasteiger partial charge in [0.2, 0.25) is 0 Å². The van der Waals surface area contributed by atoms with Crippen molar-refractivity contribution in [3.05, 3.63) is 64.6 Å². The van der Waals surface area contributed by atoms with Crippen LogP contribution >= 0.6 is 11.8 Å². The van der Waals surface area contributed by atoms with Gasteiger partial charge in [-0.05, 0) is 73.0 Å². The van der Waals surface area contributed by atoms with Crippen LogP contribution in [0.3, 0.4) is 0 Å². The van der Waals surface area contributed by atoms with Gasteiger partial charge in [-0.1, -0.05) is 18.2 Å². The summed E-state index contributed by atoms with van der Waals surface area (Å²) in [6.45, 7) is 1.60. The molecule has 154 valence electrons. The molecule has 6 nitrogen and oxygen atoms in total. The van der Waals surface area contributed by atoms with Crippen molar-refractivity contribution in [1.29, 1.82) is 0 Å². The van der Waals surface area contributed by atoms with Gasteiger partial charge < -0.3 is 10.0 Å². The molecule has 0 bridgehead atoms. The average molecular weight is 422 g/mol. The normalized spacial score (nSPS) is 19.7. The standard InChI is InChI=1S/C23H23N3O3S/c1-25-22(29)20(14-16-7-5-10-19(27)13-16)30-23(25)24-18-9-6-8-17(15-18)21(28)26-11-3-2-4-12-26/h5-10,13-15,27H,2-4,11-12H2,1H3/b20-14+,24-23?. The highest BCUT2D eigenvalue weighted by Crippen LogP contribution is 2.33. The van der Waals surface area contributed by atoms with Crippen LogP contribution in [0, 0.1) is 0 Å². The molecule has 30 heavy (non-hydrogen) atoms. The van der Waals surface area contributed by atoms with Crippen molar-refractivity contribution in [2.45, 2.75) is 19.3 Å². The number of phenolic OH excluding ortho intramolecular Hbond substituents is 1. The minimum absolute atomic E-state index is 0.0322. The van der Waals surface area contributed by atoms with E-state index >= 15 is 0 Å². The van der Waals surface area contributed by atoms with Crippen LogP contribution in [-0.4, -0.2) is 52.0 Å². The van der Waals surface area contributed by atoms with Crippen LogP contribution in [0.2, 0.25) is 0 Å². The zero-order chi connectivity index (χ0) is 21.1. The predicted octanol–water partition coefficient (Wildman–Crippen LogP) is 4.25. The number of hydrogen-bond donors (Lipinski definition) is 1. The summed E-state index contributed by atoms with van der Waals surface area (Å²) in [5.41, 5.74) is 2.00. The van der Waals surface area contributed by atoms with Gasteiger partial charge >= 0.3 is 0 Å². The van der Waals surface area contributed by atoms with Crippen molar-refractivity contribution in [3.63, 3.8) is 0 Å². The van der Waals surface area contributed by atoms with Crippen LogP contribution in [0.1, 0.15) is 35.2 Å². The highest BCUT2D eigenvalue weighted by Gasteiger charge is 2.30. The molecule has 1 N–H and O–H groups in total. The van der Waals surface area contributed by atoms with Crippen molar-refractivity contribution in [1.82, 2.24) is 9.80 Å². The molecule has 2 fully saturated rings. The second-order valence-electron chi connectivity index (χ2n) is 7.37. The van der Waals surface area contributed by atoms with E-state index in [0.717, 1.165) is 31.5 Å². The Labute approximate surface area is 179 Å². The number of phenols is 1. The van der Waals surface area contributed by atoms with E-state index in [9.17, 15) is 14.7 Å². The number of carbonyl (C=O) groups excluding carboxylic acids is 2. The molecule has 2 aromatic carbocycles. The summed E-state index contributed by atoms with van der Waals surface area (Å²) in [6, 6.07) is 14.0. The maximum Gasteiger partial charge on any atom is 0.266 e. The summed E-state index contributed by atoms with van der Waals surface area (Å²) in [5, 5.41) is 10.2. The van der Waals surface area contributed by atoms with Crippen LogP contribution in [0.15, 0.2) is 58.4 Å². The Bertz CT molecular complexity index is 1040. The number of rotatable bonds is 3. The number of likely N-dealkylation sites (tertiary alicyclic amines) is 1. The molecule has 2 aliphatic heterocycles. The summed E-state index contributed by atoms with van der Waals surface area (Å²) >= 11 is 1.28. The Morgan fingerprint density at radius 2 is 1.87 bits per heavy atom. The number of aliphatic imine (C=N–C) groups is 1. The van der Waals surface area contributed by atoms with E-state index in [0.29, 0.717) is 21.3 Å². The maximum atomic E-state index is 12.8. The summed E-state index contributed by atoms with van der Waals surface area (Å²) in [4.78, 5) is 33.9. The topological polar surface area (TPSA) is 73.2 Å². The van der Waals surface area contributed by atoms with Crippen molar-refractivity contribution < 1.29 is 14.7 Å². The largest absolute Gasteiger partial charge is 0.508 e. The zero-order valence-electron chi connectivity index (χ0n) is 16.7. The lowest BCUT2D eigenvalue weighted by molar-refractivity contribution is -0.121. The molecule has 7 heteroatoms. The number of amides is 2. The number of hydrogen-bond acceptors (Lipinski definition) is 5.